The van der Waals surface area contributed by atoms with Gasteiger partial charge in [0.25, 0.3) is 0 Å². The molecule has 1 rings (SSSR count). The van der Waals surface area contributed by atoms with Gasteiger partial charge in [0.05, 0.1) is 6.10 Å². The Morgan fingerprint density at radius 1 is 1.11 bits per heavy atom. The molecule has 1 aliphatic carbocycles. The average Bonchev–Trinajstić information content (AvgIpc) is 2.41. The quantitative estimate of drug-likeness (QED) is 0.670. The Morgan fingerprint density at radius 3 is 2.32 bits per heavy atom. The first-order valence-electron chi connectivity index (χ1n) is 8.54. The molecule has 0 aromatic carbocycles. The Kier molecular flexibility index (Phi) is 8.72. The van der Waals surface area contributed by atoms with Crippen molar-refractivity contribution in [2.24, 2.45) is 11.8 Å². The molecule has 114 valence electrons. The van der Waals surface area contributed by atoms with Gasteiger partial charge in [-0.2, -0.15) is 0 Å². The van der Waals surface area contributed by atoms with Gasteiger partial charge in [0.15, 0.2) is 0 Å². The first-order valence-corrected chi connectivity index (χ1v) is 8.54. The van der Waals surface area contributed by atoms with Crippen LogP contribution in [0.4, 0.5) is 0 Å². The van der Waals surface area contributed by atoms with E-state index in [1.165, 1.54) is 44.9 Å². The number of rotatable bonds is 9. The molecule has 1 saturated carbocycles. The van der Waals surface area contributed by atoms with E-state index >= 15 is 0 Å². The first kappa shape index (κ1) is 17.0. The SMILES string of the molecule is CCCNC(CC(C)C)C(OCC)C1CCCCC1. The van der Waals surface area contributed by atoms with Crippen LogP contribution in [0.2, 0.25) is 0 Å². The molecule has 0 radical (unpaired) electrons. The van der Waals surface area contributed by atoms with Crippen molar-refractivity contribution in [3.05, 3.63) is 0 Å². The number of hydrogen-bond acceptors (Lipinski definition) is 2. The Bertz CT molecular complexity index is 211. The molecule has 2 nitrogen and oxygen atoms in total. The predicted molar refractivity (Wildman–Crippen MR) is 83.5 cm³/mol. The fourth-order valence-corrected chi connectivity index (χ4v) is 3.41. The summed E-state index contributed by atoms with van der Waals surface area (Å²) < 4.78 is 6.18. The van der Waals surface area contributed by atoms with Crippen molar-refractivity contribution in [3.63, 3.8) is 0 Å². The van der Waals surface area contributed by atoms with Crippen molar-refractivity contribution < 1.29 is 4.74 Å². The minimum Gasteiger partial charge on any atom is -0.377 e. The molecule has 2 heteroatoms. The lowest BCUT2D eigenvalue weighted by atomic mass is 9.80. The molecule has 0 heterocycles. The van der Waals surface area contributed by atoms with Crippen LogP contribution in [0.5, 0.6) is 0 Å². The van der Waals surface area contributed by atoms with Crippen molar-refractivity contribution in [2.45, 2.75) is 84.8 Å². The summed E-state index contributed by atoms with van der Waals surface area (Å²) in [6.45, 7) is 11.0. The van der Waals surface area contributed by atoms with Crippen LogP contribution in [0.15, 0.2) is 0 Å². The summed E-state index contributed by atoms with van der Waals surface area (Å²) in [5, 5.41) is 3.76. The monoisotopic (exact) mass is 269 g/mol. The van der Waals surface area contributed by atoms with Crippen LogP contribution in [0.1, 0.15) is 72.6 Å². The highest BCUT2D eigenvalue weighted by molar-refractivity contribution is 4.85. The van der Waals surface area contributed by atoms with E-state index in [0.717, 1.165) is 25.0 Å². The van der Waals surface area contributed by atoms with E-state index in [0.29, 0.717) is 12.1 Å². The standard InChI is InChI=1S/C17H35NO/c1-5-12-18-16(13-14(3)4)17(19-6-2)15-10-8-7-9-11-15/h14-18H,5-13H2,1-4H3. The van der Waals surface area contributed by atoms with Gasteiger partial charge in [0, 0.05) is 12.6 Å². The van der Waals surface area contributed by atoms with Crippen molar-refractivity contribution in [1.29, 1.82) is 0 Å². The Morgan fingerprint density at radius 2 is 1.79 bits per heavy atom. The van der Waals surface area contributed by atoms with Crippen molar-refractivity contribution in [1.82, 2.24) is 5.32 Å². The molecule has 0 bridgehead atoms. The molecule has 0 aromatic heterocycles. The van der Waals surface area contributed by atoms with Gasteiger partial charge in [0.2, 0.25) is 0 Å². The molecule has 0 aromatic rings. The second kappa shape index (κ2) is 9.77. The van der Waals surface area contributed by atoms with Crippen LogP contribution in [0.25, 0.3) is 0 Å². The Balaban J connectivity index is 2.64. The zero-order valence-corrected chi connectivity index (χ0v) is 13.6. The van der Waals surface area contributed by atoms with E-state index in [1.807, 2.05) is 0 Å². The fraction of sp³-hybridized carbons (Fsp3) is 1.00. The van der Waals surface area contributed by atoms with E-state index in [2.05, 4.69) is 33.0 Å². The molecule has 0 saturated heterocycles. The van der Waals surface area contributed by atoms with Gasteiger partial charge in [0.1, 0.15) is 0 Å². The maximum Gasteiger partial charge on any atom is 0.0756 e. The molecule has 0 spiro atoms. The van der Waals surface area contributed by atoms with Crippen LogP contribution in [0, 0.1) is 11.8 Å². The highest BCUT2D eigenvalue weighted by atomic mass is 16.5. The second-order valence-electron chi connectivity index (χ2n) is 6.51. The minimum atomic E-state index is 0.430. The van der Waals surface area contributed by atoms with E-state index in [4.69, 9.17) is 4.74 Å². The van der Waals surface area contributed by atoms with Crippen LogP contribution < -0.4 is 5.32 Å². The summed E-state index contributed by atoms with van der Waals surface area (Å²) in [5.41, 5.74) is 0. The third kappa shape index (κ3) is 6.27. The predicted octanol–water partition coefficient (Wildman–Crippen LogP) is 4.39. The molecular formula is C17H35NO. The van der Waals surface area contributed by atoms with E-state index in [9.17, 15) is 0 Å². The van der Waals surface area contributed by atoms with E-state index < -0.39 is 0 Å². The normalized spacial score (nSPS) is 20.7. The lowest BCUT2D eigenvalue weighted by molar-refractivity contribution is -0.0218. The van der Waals surface area contributed by atoms with E-state index in [-0.39, 0.29) is 0 Å². The van der Waals surface area contributed by atoms with Gasteiger partial charge in [-0.3, -0.25) is 0 Å². The summed E-state index contributed by atoms with van der Waals surface area (Å²) in [7, 11) is 0. The topological polar surface area (TPSA) is 21.3 Å². The molecular weight excluding hydrogens is 234 g/mol. The van der Waals surface area contributed by atoms with Gasteiger partial charge in [-0.25, -0.2) is 0 Å². The summed E-state index contributed by atoms with van der Waals surface area (Å²) in [6, 6.07) is 0.544. The zero-order valence-electron chi connectivity index (χ0n) is 13.6. The molecule has 2 unspecified atom stereocenters. The summed E-state index contributed by atoms with van der Waals surface area (Å²) >= 11 is 0. The highest BCUT2D eigenvalue weighted by Crippen LogP contribution is 2.31. The molecule has 1 fully saturated rings. The fourth-order valence-electron chi connectivity index (χ4n) is 3.41. The largest absolute Gasteiger partial charge is 0.377 e. The Hall–Kier alpha value is -0.0800. The van der Waals surface area contributed by atoms with Gasteiger partial charge in [-0.15, -0.1) is 0 Å². The molecule has 0 aliphatic heterocycles. The number of nitrogens with one attached hydrogen (secondary N) is 1. The number of hydrogen-bond donors (Lipinski definition) is 1. The summed E-state index contributed by atoms with van der Waals surface area (Å²) in [6.07, 6.45) is 9.83. The lowest BCUT2D eigenvalue weighted by Crippen LogP contribution is -2.47. The van der Waals surface area contributed by atoms with Gasteiger partial charge in [-0.1, -0.05) is 40.0 Å². The average molecular weight is 269 g/mol. The van der Waals surface area contributed by atoms with Gasteiger partial charge in [-0.05, 0) is 51.0 Å². The van der Waals surface area contributed by atoms with Crippen LogP contribution in [0.3, 0.4) is 0 Å². The van der Waals surface area contributed by atoms with Crippen molar-refractivity contribution in [2.75, 3.05) is 13.2 Å². The zero-order chi connectivity index (χ0) is 14.1. The van der Waals surface area contributed by atoms with E-state index in [1.54, 1.807) is 0 Å². The first-order chi connectivity index (χ1) is 9.19. The second-order valence-corrected chi connectivity index (χ2v) is 6.51. The molecule has 1 N–H and O–H groups in total. The van der Waals surface area contributed by atoms with Gasteiger partial charge >= 0.3 is 0 Å². The molecule has 2 atom stereocenters. The highest BCUT2D eigenvalue weighted by Gasteiger charge is 2.31. The molecule has 0 amide bonds. The Labute approximate surface area is 120 Å². The minimum absolute atomic E-state index is 0.430. The van der Waals surface area contributed by atoms with Crippen LogP contribution in [-0.2, 0) is 4.74 Å². The lowest BCUT2D eigenvalue weighted by Gasteiger charge is -2.37. The smallest absolute Gasteiger partial charge is 0.0756 e. The molecule has 1 aliphatic rings. The third-order valence-electron chi connectivity index (χ3n) is 4.25. The van der Waals surface area contributed by atoms with Crippen LogP contribution in [-0.4, -0.2) is 25.3 Å². The summed E-state index contributed by atoms with van der Waals surface area (Å²) in [4.78, 5) is 0. The van der Waals surface area contributed by atoms with Crippen LogP contribution >= 0.6 is 0 Å². The van der Waals surface area contributed by atoms with Gasteiger partial charge < -0.3 is 10.1 Å². The van der Waals surface area contributed by atoms with Crippen molar-refractivity contribution >= 4 is 0 Å². The molecule has 19 heavy (non-hydrogen) atoms. The van der Waals surface area contributed by atoms with Crippen molar-refractivity contribution in [3.8, 4) is 0 Å². The maximum absolute atomic E-state index is 6.18. The third-order valence-corrected chi connectivity index (χ3v) is 4.25. The summed E-state index contributed by atoms with van der Waals surface area (Å²) in [5.74, 6) is 1.52. The number of ether oxygens (including phenoxy) is 1. The maximum atomic E-state index is 6.18.